The fraction of sp³-hybridized carbons (Fsp3) is 0.100. The predicted octanol–water partition coefficient (Wildman–Crippen LogP) is 1.91. The minimum Gasteiger partial charge on any atom is -0.453 e. The SMILES string of the molecule is C=C(N)c1oc(-c2ccn[nH]2)cc1C. The molecule has 0 aromatic carbocycles. The van der Waals surface area contributed by atoms with Gasteiger partial charge in [-0.1, -0.05) is 6.58 Å². The maximum atomic E-state index is 5.57. The molecular weight excluding hydrogens is 178 g/mol. The van der Waals surface area contributed by atoms with Crippen LogP contribution in [0.2, 0.25) is 0 Å². The maximum absolute atomic E-state index is 5.57. The zero-order valence-electron chi connectivity index (χ0n) is 7.87. The first-order valence-corrected chi connectivity index (χ1v) is 4.23. The van der Waals surface area contributed by atoms with Gasteiger partial charge in [0.15, 0.2) is 11.5 Å². The molecule has 0 aliphatic carbocycles. The molecule has 2 rings (SSSR count). The Morgan fingerprint density at radius 2 is 2.43 bits per heavy atom. The van der Waals surface area contributed by atoms with Crippen LogP contribution in [0.1, 0.15) is 11.3 Å². The first-order chi connectivity index (χ1) is 6.68. The molecule has 3 N–H and O–H groups in total. The number of nitrogens with zero attached hydrogens (tertiary/aromatic N) is 1. The first-order valence-electron chi connectivity index (χ1n) is 4.23. The minimum atomic E-state index is 0.438. The van der Waals surface area contributed by atoms with E-state index in [1.807, 2.05) is 19.1 Å². The highest BCUT2D eigenvalue weighted by Crippen LogP contribution is 2.25. The van der Waals surface area contributed by atoms with Gasteiger partial charge in [-0.25, -0.2) is 0 Å². The quantitative estimate of drug-likeness (QED) is 0.758. The predicted molar refractivity (Wildman–Crippen MR) is 54.2 cm³/mol. The normalized spacial score (nSPS) is 10.4. The molecule has 4 nitrogen and oxygen atoms in total. The molecule has 0 saturated carbocycles. The van der Waals surface area contributed by atoms with E-state index in [0.29, 0.717) is 11.5 Å². The van der Waals surface area contributed by atoms with E-state index in [1.165, 1.54) is 0 Å². The molecular formula is C10H11N3O. The number of hydrogen-bond donors (Lipinski definition) is 2. The van der Waals surface area contributed by atoms with E-state index in [0.717, 1.165) is 17.0 Å². The smallest absolute Gasteiger partial charge is 0.152 e. The molecule has 0 saturated heterocycles. The fourth-order valence-electron chi connectivity index (χ4n) is 1.33. The fourth-order valence-corrected chi connectivity index (χ4v) is 1.33. The van der Waals surface area contributed by atoms with Crippen LogP contribution in [0.5, 0.6) is 0 Å². The third-order valence-corrected chi connectivity index (χ3v) is 1.98. The van der Waals surface area contributed by atoms with Crippen molar-refractivity contribution in [1.29, 1.82) is 0 Å². The number of hydrogen-bond acceptors (Lipinski definition) is 3. The first kappa shape index (κ1) is 8.62. The highest BCUT2D eigenvalue weighted by atomic mass is 16.3. The third kappa shape index (κ3) is 1.31. The van der Waals surface area contributed by atoms with E-state index < -0.39 is 0 Å². The van der Waals surface area contributed by atoms with Crippen LogP contribution in [0.15, 0.2) is 29.3 Å². The number of H-pyrrole nitrogens is 1. The summed E-state index contributed by atoms with van der Waals surface area (Å²) in [4.78, 5) is 0. The Morgan fingerprint density at radius 1 is 1.64 bits per heavy atom. The van der Waals surface area contributed by atoms with Gasteiger partial charge in [0.2, 0.25) is 0 Å². The van der Waals surface area contributed by atoms with Crippen molar-refractivity contribution in [1.82, 2.24) is 10.2 Å². The van der Waals surface area contributed by atoms with Gasteiger partial charge in [-0.3, -0.25) is 5.10 Å². The number of rotatable bonds is 2. The molecule has 0 bridgehead atoms. The lowest BCUT2D eigenvalue weighted by molar-refractivity contribution is 0.562. The van der Waals surface area contributed by atoms with Gasteiger partial charge >= 0.3 is 0 Å². The van der Waals surface area contributed by atoms with Crippen molar-refractivity contribution in [2.45, 2.75) is 6.92 Å². The molecule has 0 radical (unpaired) electrons. The summed E-state index contributed by atoms with van der Waals surface area (Å²) in [5.41, 5.74) is 7.81. The van der Waals surface area contributed by atoms with E-state index in [4.69, 9.17) is 10.2 Å². The lowest BCUT2D eigenvalue weighted by Crippen LogP contribution is -1.92. The Hall–Kier alpha value is -1.97. The Kier molecular flexibility index (Phi) is 1.89. The van der Waals surface area contributed by atoms with E-state index in [1.54, 1.807) is 6.20 Å². The summed E-state index contributed by atoms with van der Waals surface area (Å²) >= 11 is 0. The summed E-state index contributed by atoms with van der Waals surface area (Å²) in [5, 5.41) is 6.66. The second-order valence-electron chi connectivity index (χ2n) is 3.12. The average molecular weight is 189 g/mol. The molecule has 14 heavy (non-hydrogen) atoms. The van der Waals surface area contributed by atoms with Gasteiger partial charge in [0, 0.05) is 6.20 Å². The summed E-state index contributed by atoms with van der Waals surface area (Å²) in [7, 11) is 0. The number of aryl methyl sites for hydroxylation is 1. The van der Waals surface area contributed by atoms with Gasteiger partial charge in [-0.05, 0) is 24.6 Å². The van der Waals surface area contributed by atoms with Gasteiger partial charge in [0.05, 0.1) is 5.70 Å². The monoisotopic (exact) mass is 189 g/mol. The molecule has 2 heterocycles. The van der Waals surface area contributed by atoms with E-state index in [2.05, 4.69) is 16.8 Å². The van der Waals surface area contributed by atoms with Crippen molar-refractivity contribution in [3.63, 3.8) is 0 Å². The summed E-state index contributed by atoms with van der Waals surface area (Å²) in [6, 6.07) is 3.74. The topological polar surface area (TPSA) is 67.8 Å². The second-order valence-corrected chi connectivity index (χ2v) is 3.12. The van der Waals surface area contributed by atoms with E-state index in [-0.39, 0.29) is 0 Å². The van der Waals surface area contributed by atoms with Gasteiger partial charge in [0.1, 0.15) is 5.69 Å². The van der Waals surface area contributed by atoms with Crippen LogP contribution in [0.3, 0.4) is 0 Å². The third-order valence-electron chi connectivity index (χ3n) is 1.98. The van der Waals surface area contributed by atoms with Crippen molar-refractivity contribution in [3.05, 3.63) is 36.2 Å². The zero-order chi connectivity index (χ0) is 10.1. The van der Waals surface area contributed by atoms with Gasteiger partial charge in [-0.15, -0.1) is 0 Å². The molecule has 0 amide bonds. The lowest BCUT2D eigenvalue weighted by atomic mass is 10.2. The summed E-state index contributed by atoms with van der Waals surface area (Å²) in [5.74, 6) is 1.36. The number of aromatic amines is 1. The van der Waals surface area contributed by atoms with Crippen LogP contribution in [0.25, 0.3) is 17.2 Å². The van der Waals surface area contributed by atoms with Crippen molar-refractivity contribution >= 4 is 5.70 Å². The lowest BCUT2D eigenvalue weighted by Gasteiger charge is -1.94. The number of furan rings is 1. The average Bonchev–Trinajstić information content (AvgIpc) is 2.70. The van der Waals surface area contributed by atoms with Crippen LogP contribution < -0.4 is 5.73 Å². The van der Waals surface area contributed by atoms with Gasteiger partial charge in [0.25, 0.3) is 0 Å². The van der Waals surface area contributed by atoms with Crippen molar-refractivity contribution in [3.8, 4) is 11.5 Å². The summed E-state index contributed by atoms with van der Waals surface area (Å²) in [6.45, 7) is 5.57. The van der Waals surface area contributed by atoms with Gasteiger partial charge < -0.3 is 10.2 Å². The van der Waals surface area contributed by atoms with Crippen LogP contribution in [-0.4, -0.2) is 10.2 Å². The van der Waals surface area contributed by atoms with Crippen LogP contribution in [0.4, 0.5) is 0 Å². The highest BCUT2D eigenvalue weighted by Gasteiger charge is 2.10. The molecule has 2 aromatic heterocycles. The van der Waals surface area contributed by atoms with Gasteiger partial charge in [-0.2, -0.15) is 5.10 Å². The molecule has 0 unspecified atom stereocenters. The zero-order valence-corrected chi connectivity index (χ0v) is 7.87. The summed E-state index contributed by atoms with van der Waals surface area (Å²) < 4.78 is 5.52. The molecule has 72 valence electrons. The molecule has 0 aliphatic rings. The Balaban J connectivity index is 2.48. The molecule has 2 aromatic rings. The van der Waals surface area contributed by atoms with Crippen LogP contribution in [0, 0.1) is 6.92 Å². The van der Waals surface area contributed by atoms with Crippen LogP contribution in [-0.2, 0) is 0 Å². The van der Waals surface area contributed by atoms with Crippen molar-refractivity contribution < 1.29 is 4.42 Å². The Labute approximate surface area is 81.4 Å². The van der Waals surface area contributed by atoms with E-state index >= 15 is 0 Å². The van der Waals surface area contributed by atoms with Crippen LogP contribution >= 0.6 is 0 Å². The van der Waals surface area contributed by atoms with Crippen molar-refractivity contribution in [2.75, 3.05) is 0 Å². The maximum Gasteiger partial charge on any atom is 0.152 e. The molecule has 0 fully saturated rings. The van der Waals surface area contributed by atoms with E-state index in [9.17, 15) is 0 Å². The largest absolute Gasteiger partial charge is 0.453 e. The minimum absolute atomic E-state index is 0.438. The Morgan fingerprint density at radius 3 is 2.93 bits per heavy atom. The number of aromatic nitrogens is 2. The summed E-state index contributed by atoms with van der Waals surface area (Å²) in [6.07, 6.45) is 1.67. The number of nitrogens with two attached hydrogens (primary N) is 1. The molecule has 4 heteroatoms. The standard InChI is InChI=1S/C10H11N3O/c1-6-5-9(8-3-4-12-13-8)14-10(6)7(2)11/h3-5H,2,11H2,1H3,(H,12,13). The highest BCUT2D eigenvalue weighted by molar-refractivity contribution is 5.63. The molecule has 0 atom stereocenters. The number of nitrogens with one attached hydrogen (secondary N) is 1. The van der Waals surface area contributed by atoms with Crippen molar-refractivity contribution in [2.24, 2.45) is 5.73 Å². The second kappa shape index (κ2) is 3.06. The molecule has 0 spiro atoms. The Bertz CT molecular complexity index is 454. The molecule has 0 aliphatic heterocycles.